The van der Waals surface area contributed by atoms with Crippen LogP contribution < -0.4 is 10.0 Å². The van der Waals surface area contributed by atoms with Gasteiger partial charge in [-0.15, -0.1) is 0 Å². The molecule has 0 radical (unpaired) electrons. The number of benzene rings is 1. The highest BCUT2D eigenvalue weighted by molar-refractivity contribution is 7.89. The van der Waals surface area contributed by atoms with Crippen molar-refractivity contribution in [3.05, 3.63) is 29.8 Å². The van der Waals surface area contributed by atoms with E-state index in [0.29, 0.717) is 24.1 Å². The van der Waals surface area contributed by atoms with Crippen LogP contribution in [-0.4, -0.2) is 50.9 Å². The van der Waals surface area contributed by atoms with Crippen LogP contribution in [0.25, 0.3) is 0 Å². The van der Waals surface area contributed by atoms with Gasteiger partial charge in [0.2, 0.25) is 10.0 Å². The molecule has 0 bridgehead atoms. The molecule has 1 aliphatic heterocycles. The summed E-state index contributed by atoms with van der Waals surface area (Å²) in [6.07, 6.45) is 5.68. The first kappa shape index (κ1) is 17.0. The van der Waals surface area contributed by atoms with E-state index in [-0.39, 0.29) is 16.8 Å². The normalized spacial score (nSPS) is 24.4. The molecule has 0 aromatic heterocycles. The number of rotatable bonds is 7. The van der Waals surface area contributed by atoms with E-state index in [2.05, 4.69) is 14.9 Å². The Morgan fingerprint density at radius 3 is 2.68 bits per heavy atom. The summed E-state index contributed by atoms with van der Waals surface area (Å²) in [6, 6.07) is 7.18. The van der Waals surface area contributed by atoms with Crippen molar-refractivity contribution in [3.63, 3.8) is 0 Å². The smallest absolute Gasteiger partial charge is 0.251 e. The summed E-state index contributed by atoms with van der Waals surface area (Å²) < 4.78 is 27.4. The molecule has 1 unspecified atom stereocenters. The maximum absolute atomic E-state index is 12.5. The van der Waals surface area contributed by atoms with Gasteiger partial charge in [-0.3, -0.25) is 9.69 Å². The van der Waals surface area contributed by atoms with E-state index < -0.39 is 10.0 Å². The van der Waals surface area contributed by atoms with Crippen LogP contribution in [0, 0.1) is 5.92 Å². The van der Waals surface area contributed by atoms with E-state index >= 15 is 0 Å². The van der Waals surface area contributed by atoms with E-state index in [0.717, 1.165) is 32.4 Å². The van der Waals surface area contributed by atoms with Gasteiger partial charge in [0.15, 0.2) is 0 Å². The number of hydrogen-bond acceptors (Lipinski definition) is 4. The van der Waals surface area contributed by atoms with Gasteiger partial charge in [-0.1, -0.05) is 6.07 Å². The lowest BCUT2D eigenvalue weighted by molar-refractivity contribution is 0.0937. The molecule has 3 aliphatic rings. The number of hydrogen-bond donors (Lipinski definition) is 2. The van der Waals surface area contributed by atoms with E-state index in [1.807, 2.05) is 0 Å². The molecule has 1 atom stereocenters. The third kappa shape index (κ3) is 4.22. The molecule has 1 aromatic rings. The second-order valence-electron chi connectivity index (χ2n) is 7.51. The van der Waals surface area contributed by atoms with E-state index in [9.17, 15) is 13.2 Å². The highest BCUT2D eigenvalue weighted by Crippen LogP contribution is 2.30. The second-order valence-corrected chi connectivity index (χ2v) is 9.28. The third-order valence-corrected chi connectivity index (χ3v) is 6.70. The Hall–Kier alpha value is -1.44. The first-order valence-electron chi connectivity index (χ1n) is 9.16. The number of amides is 1. The zero-order valence-electron chi connectivity index (χ0n) is 14.3. The maximum atomic E-state index is 12.5. The number of nitrogens with zero attached hydrogens (tertiary/aromatic N) is 1. The van der Waals surface area contributed by atoms with Crippen molar-refractivity contribution in [2.24, 2.45) is 5.92 Å². The maximum Gasteiger partial charge on any atom is 0.251 e. The predicted octanol–water partition coefficient (Wildman–Crippen LogP) is 1.34. The molecule has 2 N–H and O–H groups in total. The highest BCUT2D eigenvalue weighted by Gasteiger charge is 2.35. The molecular weight excluding hydrogens is 338 g/mol. The van der Waals surface area contributed by atoms with Crippen LogP contribution in [-0.2, 0) is 10.0 Å². The van der Waals surface area contributed by atoms with Crippen LogP contribution >= 0.6 is 0 Å². The van der Waals surface area contributed by atoms with E-state index in [4.69, 9.17) is 0 Å². The number of sulfonamides is 1. The van der Waals surface area contributed by atoms with Gasteiger partial charge < -0.3 is 5.32 Å². The fourth-order valence-corrected chi connectivity index (χ4v) is 4.54. The average Bonchev–Trinajstić information content (AvgIpc) is 3.53. The van der Waals surface area contributed by atoms with Crippen LogP contribution in [0.3, 0.4) is 0 Å². The molecule has 4 rings (SSSR count). The Kier molecular flexibility index (Phi) is 4.56. The van der Waals surface area contributed by atoms with Gasteiger partial charge in [-0.2, -0.15) is 0 Å². The summed E-state index contributed by atoms with van der Waals surface area (Å²) in [4.78, 5) is 15.1. The second kappa shape index (κ2) is 6.70. The quantitative estimate of drug-likeness (QED) is 0.766. The van der Waals surface area contributed by atoms with Gasteiger partial charge >= 0.3 is 0 Å². The molecule has 3 fully saturated rings. The Balaban J connectivity index is 1.38. The highest BCUT2D eigenvalue weighted by atomic mass is 32.2. The predicted molar refractivity (Wildman–Crippen MR) is 94.8 cm³/mol. The molecule has 136 valence electrons. The van der Waals surface area contributed by atoms with Gasteiger partial charge in [0, 0.05) is 37.3 Å². The standard InChI is InChI=1S/C18H25N3O3S/c22-18(20-15-8-9-21(12-15)16-6-7-16)14-2-1-3-17(10-14)25(23,24)19-11-13-4-5-13/h1-3,10,13,15-16,19H,4-9,11-12H2,(H,20,22). The lowest BCUT2D eigenvalue weighted by atomic mass is 10.2. The van der Waals surface area contributed by atoms with Gasteiger partial charge in [-0.05, 0) is 56.2 Å². The summed E-state index contributed by atoms with van der Waals surface area (Å²) in [5.74, 6) is 0.278. The summed E-state index contributed by atoms with van der Waals surface area (Å²) in [5.41, 5.74) is 0.402. The SMILES string of the molecule is O=C(NC1CCN(C2CC2)C1)c1cccc(S(=O)(=O)NCC2CC2)c1. The Labute approximate surface area is 149 Å². The molecule has 7 heteroatoms. The molecular formula is C18H25N3O3S. The van der Waals surface area contributed by atoms with Crippen molar-refractivity contribution in [2.75, 3.05) is 19.6 Å². The summed E-state index contributed by atoms with van der Waals surface area (Å²) in [7, 11) is -3.55. The molecule has 6 nitrogen and oxygen atoms in total. The third-order valence-electron chi connectivity index (χ3n) is 5.28. The Bertz CT molecular complexity index is 757. The first-order chi connectivity index (χ1) is 12.0. The van der Waals surface area contributed by atoms with Crippen molar-refractivity contribution >= 4 is 15.9 Å². The molecule has 25 heavy (non-hydrogen) atoms. The Morgan fingerprint density at radius 2 is 1.96 bits per heavy atom. The summed E-state index contributed by atoms with van der Waals surface area (Å²) >= 11 is 0. The number of nitrogens with one attached hydrogen (secondary N) is 2. The molecule has 1 saturated heterocycles. The van der Waals surface area contributed by atoms with Crippen LogP contribution in [0.15, 0.2) is 29.2 Å². The van der Waals surface area contributed by atoms with Crippen molar-refractivity contribution in [1.29, 1.82) is 0 Å². The summed E-state index contributed by atoms with van der Waals surface area (Å²) in [6.45, 7) is 2.42. The molecule has 1 amide bonds. The number of carbonyl (C=O) groups excluding carboxylic acids is 1. The van der Waals surface area contributed by atoms with E-state index in [1.165, 1.54) is 25.0 Å². The van der Waals surface area contributed by atoms with Crippen molar-refractivity contribution in [3.8, 4) is 0 Å². The molecule has 1 aromatic carbocycles. The minimum atomic E-state index is -3.55. The van der Waals surface area contributed by atoms with Crippen LogP contribution in [0.1, 0.15) is 42.5 Å². The topological polar surface area (TPSA) is 78.5 Å². The van der Waals surface area contributed by atoms with Crippen molar-refractivity contribution in [2.45, 2.75) is 49.1 Å². The minimum Gasteiger partial charge on any atom is -0.348 e. The fourth-order valence-electron chi connectivity index (χ4n) is 3.38. The molecule has 1 heterocycles. The van der Waals surface area contributed by atoms with Gasteiger partial charge in [-0.25, -0.2) is 13.1 Å². The molecule has 0 spiro atoms. The number of carbonyl (C=O) groups is 1. The van der Waals surface area contributed by atoms with Crippen LogP contribution in [0.4, 0.5) is 0 Å². The van der Waals surface area contributed by atoms with Gasteiger partial charge in [0.1, 0.15) is 0 Å². The average molecular weight is 363 g/mol. The first-order valence-corrected chi connectivity index (χ1v) is 10.6. The largest absolute Gasteiger partial charge is 0.348 e. The fraction of sp³-hybridized carbons (Fsp3) is 0.611. The number of likely N-dealkylation sites (tertiary alicyclic amines) is 1. The zero-order chi connectivity index (χ0) is 17.4. The van der Waals surface area contributed by atoms with Crippen molar-refractivity contribution in [1.82, 2.24) is 14.9 Å². The van der Waals surface area contributed by atoms with Gasteiger partial charge in [0.05, 0.1) is 4.90 Å². The minimum absolute atomic E-state index is 0.154. The monoisotopic (exact) mass is 363 g/mol. The van der Waals surface area contributed by atoms with Gasteiger partial charge in [0.25, 0.3) is 5.91 Å². The lowest BCUT2D eigenvalue weighted by Gasteiger charge is -2.16. The van der Waals surface area contributed by atoms with Crippen LogP contribution in [0.2, 0.25) is 0 Å². The van der Waals surface area contributed by atoms with Crippen LogP contribution in [0.5, 0.6) is 0 Å². The lowest BCUT2D eigenvalue weighted by Crippen LogP contribution is -2.37. The summed E-state index contributed by atoms with van der Waals surface area (Å²) in [5, 5.41) is 3.05. The molecule has 2 saturated carbocycles. The molecule has 2 aliphatic carbocycles. The van der Waals surface area contributed by atoms with Crippen molar-refractivity contribution < 1.29 is 13.2 Å². The van der Waals surface area contributed by atoms with E-state index in [1.54, 1.807) is 12.1 Å². The zero-order valence-corrected chi connectivity index (χ0v) is 15.1. The Morgan fingerprint density at radius 1 is 1.16 bits per heavy atom.